The van der Waals surface area contributed by atoms with Crippen molar-refractivity contribution in [2.24, 2.45) is 4.99 Å². The number of methoxy groups -OCH3 is 1. The molecule has 0 amide bonds. The summed E-state index contributed by atoms with van der Waals surface area (Å²) in [6, 6.07) is 24.8. The Labute approximate surface area is 188 Å². The Balaban J connectivity index is 1.89. The second-order valence-electron chi connectivity index (χ2n) is 6.63. The number of aliphatic imine (C=N–C) groups is 1. The number of nitriles is 1. The summed E-state index contributed by atoms with van der Waals surface area (Å²) in [6.07, 6.45) is 1.45. The molecule has 0 radical (unpaired) electrons. The Bertz CT molecular complexity index is 1290. The van der Waals surface area contributed by atoms with Crippen LogP contribution < -0.4 is 4.74 Å². The van der Waals surface area contributed by atoms with E-state index >= 15 is 0 Å². The molecule has 1 heterocycles. The topological polar surface area (TPSA) is 78.8 Å². The van der Waals surface area contributed by atoms with Gasteiger partial charge in [-0.3, -0.25) is 0 Å². The molecule has 1 aromatic heterocycles. The summed E-state index contributed by atoms with van der Waals surface area (Å²) in [4.78, 5) is 4.41. The maximum absolute atomic E-state index is 10.4. The summed E-state index contributed by atoms with van der Waals surface area (Å²) in [7, 11) is 1.47. The first-order valence-electron chi connectivity index (χ1n) is 9.40. The molecule has 4 rings (SSSR count). The van der Waals surface area contributed by atoms with Gasteiger partial charge in [0.2, 0.25) is 5.88 Å². The summed E-state index contributed by atoms with van der Waals surface area (Å²) in [5, 5.41) is 20.3. The van der Waals surface area contributed by atoms with E-state index in [1.807, 2.05) is 60.7 Å². The fourth-order valence-electron chi connectivity index (χ4n) is 3.26. The van der Waals surface area contributed by atoms with E-state index in [1.165, 1.54) is 13.3 Å². The SMILES string of the molecule is COc1cc(Br)cc(C=Nc2oc(-c3ccccc3)c(-c3ccccc3)c2C#N)c1O. The number of ether oxygens (including phenoxy) is 1. The first-order valence-corrected chi connectivity index (χ1v) is 10.2. The average Bonchev–Trinajstić information content (AvgIpc) is 3.19. The van der Waals surface area contributed by atoms with Crippen molar-refractivity contribution in [2.45, 2.75) is 0 Å². The second-order valence-corrected chi connectivity index (χ2v) is 7.55. The predicted molar refractivity (Wildman–Crippen MR) is 124 cm³/mol. The first-order chi connectivity index (χ1) is 15.1. The van der Waals surface area contributed by atoms with E-state index < -0.39 is 0 Å². The molecule has 152 valence electrons. The van der Waals surface area contributed by atoms with Gasteiger partial charge in [0.1, 0.15) is 17.4 Å². The van der Waals surface area contributed by atoms with Crippen LogP contribution in [0.3, 0.4) is 0 Å². The highest BCUT2D eigenvalue weighted by Crippen LogP contribution is 2.42. The van der Waals surface area contributed by atoms with E-state index in [1.54, 1.807) is 12.1 Å². The van der Waals surface area contributed by atoms with Crippen LogP contribution in [0.4, 0.5) is 5.88 Å². The van der Waals surface area contributed by atoms with Gasteiger partial charge in [-0.05, 0) is 17.7 Å². The van der Waals surface area contributed by atoms with Crippen LogP contribution in [-0.4, -0.2) is 18.4 Å². The van der Waals surface area contributed by atoms with Crippen LogP contribution in [0.2, 0.25) is 0 Å². The van der Waals surface area contributed by atoms with Crippen molar-refractivity contribution >= 4 is 28.0 Å². The molecule has 5 nitrogen and oxygen atoms in total. The second kappa shape index (κ2) is 8.90. The van der Waals surface area contributed by atoms with Crippen LogP contribution in [-0.2, 0) is 0 Å². The number of phenolic OH excluding ortho intramolecular Hbond substituents is 1. The Morgan fingerprint density at radius 3 is 2.29 bits per heavy atom. The molecule has 0 atom stereocenters. The van der Waals surface area contributed by atoms with E-state index in [2.05, 4.69) is 27.0 Å². The molecule has 0 bridgehead atoms. The Morgan fingerprint density at radius 1 is 1.03 bits per heavy atom. The summed E-state index contributed by atoms with van der Waals surface area (Å²) in [5.74, 6) is 0.988. The quantitative estimate of drug-likeness (QED) is 0.327. The zero-order valence-electron chi connectivity index (χ0n) is 16.5. The Kier molecular flexibility index (Phi) is 5.87. The molecule has 0 aliphatic rings. The van der Waals surface area contributed by atoms with Crippen molar-refractivity contribution in [1.82, 2.24) is 0 Å². The Hall–Kier alpha value is -3.82. The van der Waals surface area contributed by atoms with Crippen molar-refractivity contribution < 1.29 is 14.3 Å². The highest BCUT2D eigenvalue weighted by molar-refractivity contribution is 9.10. The molecule has 3 aromatic carbocycles. The molecule has 0 aliphatic carbocycles. The number of phenols is 1. The molecule has 0 unspecified atom stereocenters. The van der Waals surface area contributed by atoms with Gasteiger partial charge in [0.15, 0.2) is 11.5 Å². The summed E-state index contributed by atoms with van der Waals surface area (Å²) in [6.45, 7) is 0. The molecule has 0 saturated heterocycles. The van der Waals surface area contributed by atoms with Crippen LogP contribution in [0.1, 0.15) is 11.1 Å². The molecule has 4 aromatic rings. The highest BCUT2D eigenvalue weighted by Gasteiger charge is 2.22. The van der Waals surface area contributed by atoms with Gasteiger partial charge < -0.3 is 14.3 Å². The standard InChI is InChI=1S/C25H17BrN2O3/c1-30-21-13-19(26)12-18(23(21)29)15-28-25-20(14-27)22(16-8-4-2-5-9-16)24(31-25)17-10-6-3-7-11-17/h2-13,15,29H,1H3. The van der Waals surface area contributed by atoms with Gasteiger partial charge in [0.05, 0.1) is 7.11 Å². The lowest BCUT2D eigenvalue weighted by Crippen LogP contribution is -1.89. The van der Waals surface area contributed by atoms with E-state index in [0.29, 0.717) is 28.2 Å². The molecule has 1 N–H and O–H groups in total. The number of aromatic hydroxyl groups is 1. The number of hydrogen-bond acceptors (Lipinski definition) is 5. The van der Waals surface area contributed by atoms with Crippen molar-refractivity contribution in [3.05, 3.63) is 88.4 Å². The van der Waals surface area contributed by atoms with E-state index in [-0.39, 0.29) is 11.6 Å². The van der Waals surface area contributed by atoms with Crippen molar-refractivity contribution in [3.8, 4) is 40.0 Å². The number of rotatable bonds is 5. The lowest BCUT2D eigenvalue weighted by atomic mass is 9.98. The largest absolute Gasteiger partial charge is 0.504 e. The normalized spacial score (nSPS) is 10.9. The maximum atomic E-state index is 10.4. The molecule has 0 spiro atoms. The van der Waals surface area contributed by atoms with E-state index in [4.69, 9.17) is 9.15 Å². The minimum Gasteiger partial charge on any atom is -0.504 e. The summed E-state index contributed by atoms with van der Waals surface area (Å²) < 4.78 is 12.0. The fourth-order valence-corrected chi connectivity index (χ4v) is 3.72. The average molecular weight is 473 g/mol. The van der Waals surface area contributed by atoms with Crippen molar-refractivity contribution in [2.75, 3.05) is 7.11 Å². The minimum absolute atomic E-state index is 0.0499. The third kappa shape index (κ3) is 4.09. The fraction of sp³-hybridized carbons (Fsp3) is 0.0400. The predicted octanol–water partition coefficient (Wildman–Crippen LogP) is 6.71. The van der Waals surface area contributed by atoms with Crippen molar-refractivity contribution in [3.63, 3.8) is 0 Å². The molecule has 0 aliphatic heterocycles. The van der Waals surface area contributed by atoms with Crippen LogP contribution in [0.15, 0.2) is 86.7 Å². The minimum atomic E-state index is -0.0499. The number of hydrogen-bond donors (Lipinski definition) is 1. The molecular formula is C25H17BrN2O3. The number of benzene rings is 3. The first kappa shape index (κ1) is 20.5. The smallest absolute Gasteiger partial charge is 0.238 e. The third-order valence-electron chi connectivity index (χ3n) is 4.71. The number of halogens is 1. The molecular weight excluding hydrogens is 456 g/mol. The third-order valence-corrected chi connectivity index (χ3v) is 5.17. The number of nitrogens with zero attached hydrogens (tertiary/aromatic N) is 2. The highest BCUT2D eigenvalue weighted by atomic mass is 79.9. The molecule has 0 saturated carbocycles. The van der Waals surface area contributed by atoms with Crippen molar-refractivity contribution in [1.29, 1.82) is 5.26 Å². The summed E-state index contributed by atoms with van der Waals surface area (Å²) in [5.41, 5.74) is 3.12. The monoisotopic (exact) mass is 472 g/mol. The van der Waals surface area contributed by atoms with E-state index in [0.717, 1.165) is 15.6 Å². The van der Waals surface area contributed by atoms with E-state index in [9.17, 15) is 10.4 Å². The lowest BCUT2D eigenvalue weighted by molar-refractivity contribution is 0.373. The lowest BCUT2D eigenvalue weighted by Gasteiger charge is -2.06. The molecule has 6 heteroatoms. The van der Waals surface area contributed by atoms with Gasteiger partial charge in [0.25, 0.3) is 0 Å². The van der Waals surface area contributed by atoms with Gasteiger partial charge in [-0.1, -0.05) is 76.6 Å². The van der Waals surface area contributed by atoms with Crippen LogP contribution in [0.25, 0.3) is 22.5 Å². The van der Waals surface area contributed by atoms with Crippen LogP contribution >= 0.6 is 15.9 Å². The summed E-state index contributed by atoms with van der Waals surface area (Å²) >= 11 is 3.39. The molecule has 0 fully saturated rings. The van der Waals surface area contributed by atoms with Gasteiger partial charge in [-0.15, -0.1) is 0 Å². The zero-order valence-corrected chi connectivity index (χ0v) is 18.1. The molecule has 31 heavy (non-hydrogen) atoms. The Morgan fingerprint density at radius 2 is 1.68 bits per heavy atom. The van der Waals surface area contributed by atoms with Gasteiger partial charge in [-0.2, -0.15) is 5.26 Å². The van der Waals surface area contributed by atoms with Crippen LogP contribution in [0.5, 0.6) is 11.5 Å². The zero-order chi connectivity index (χ0) is 21.8. The van der Waals surface area contributed by atoms with Gasteiger partial charge in [0, 0.05) is 27.4 Å². The maximum Gasteiger partial charge on any atom is 0.238 e. The van der Waals surface area contributed by atoms with Gasteiger partial charge >= 0.3 is 0 Å². The van der Waals surface area contributed by atoms with Gasteiger partial charge in [-0.25, -0.2) is 4.99 Å². The van der Waals surface area contributed by atoms with Crippen LogP contribution in [0, 0.1) is 11.3 Å². The number of furan rings is 1.